The van der Waals surface area contributed by atoms with Crippen LogP contribution in [0.1, 0.15) is 245 Å². The number of hydrogen-bond acceptors (Lipinski definition) is 17. The highest BCUT2D eigenvalue weighted by Gasteiger charge is 2.48. The zero-order valence-electron chi connectivity index (χ0n) is 66.3. The summed E-state index contributed by atoms with van der Waals surface area (Å²) in [5.41, 5.74) is 14.9. The van der Waals surface area contributed by atoms with Crippen molar-refractivity contribution < 1.29 is 61.3 Å². The molecule has 0 saturated heterocycles. The number of hydrogen-bond donors (Lipinski definition) is 5. The third-order valence-corrected chi connectivity index (χ3v) is 27.7. The molecule has 620 valence electrons. The molecule has 0 bridgehead atoms. The van der Waals surface area contributed by atoms with Crippen LogP contribution in [0, 0.1) is 46.9 Å². The first-order valence-electron chi connectivity index (χ1n) is 42.3. The lowest BCUT2D eigenvalue weighted by Gasteiger charge is -2.32. The van der Waals surface area contributed by atoms with E-state index in [0.717, 1.165) is 111 Å². The molecule has 0 radical (unpaired) electrons. The van der Waals surface area contributed by atoms with Crippen molar-refractivity contribution in [1.82, 2.24) is 72.7 Å². The number of aliphatic hydroxyl groups excluding tert-OH is 5. The average Bonchev–Trinajstić information content (AvgIpc) is 1.40. The number of halogens is 6. The van der Waals surface area contributed by atoms with Crippen molar-refractivity contribution in [3.63, 3.8) is 0 Å². The van der Waals surface area contributed by atoms with Gasteiger partial charge in [0, 0.05) is 104 Å². The van der Waals surface area contributed by atoms with Crippen molar-refractivity contribution in [2.75, 3.05) is 14.2 Å². The Morgan fingerprint density at radius 2 is 0.632 bits per heavy atom. The fourth-order valence-corrected chi connectivity index (χ4v) is 20.8. The molecule has 6 aliphatic carbocycles. The van der Waals surface area contributed by atoms with E-state index in [-0.39, 0.29) is 86.0 Å². The Balaban J connectivity index is 0.000000105. The number of nitrogens with zero attached hydrogens (tertiary/aromatic N) is 15. The van der Waals surface area contributed by atoms with Gasteiger partial charge in [-0.05, 0) is 173 Å². The third kappa shape index (κ3) is 16.7. The topological polar surface area (TPSA) is 273 Å². The minimum absolute atomic E-state index is 0.0961. The largest absolute Gasteiger partial charge is 0.481 e. The van der Waals surface area contributed by atoms with Crippen molar-refractivity contribution in [2.45, 2.75) is 259 Å². The summed E-state index contributed by atoms with van der Waals surface area (Å²) in [5.74, 6) is -4.06. The van der Waals surface area contributed by atoms with Gasteiger partial charge in [-0.15, -0.1) is 0 Å². The molecular formula is C89H105F6N15O7. The van der Waals surface area contributed by atoms with E-state index in [2.05, 4.69) is 60.5 Å². The smallest absolute Gasteiger partial charge is 0.248 e. The van der Waals surface area contributed by atoms with Gasteiger partial charge < -0.3 is 57.8 Å². The fraction of sp³-hybridized carbons (Fsp3) is 0.551. The van der Waals surface area contributed by atoms with Crippen LogP contribution in [0.25, 0.3) is 56.3 Å². The van der Waals surface area contributed by atoms with E-state index in [0.29, 0.717) is 86.3 Å². The molecule has 10 unspecified atom stereocenters. The number of aliphatic hydroxyl groups is 5. The van der Waals surface area contributed by atoms with Crippen molar-refractivity contribution >= 4 is 0 Å². The van der Waals surface area contributed by atoms with Crippen LogP contribution in [0.4, 0.5) is 26.3 Å². The highest BCUT2D eigenvalue weighted by atomic mass is 19.3. The number of ether oxygens (including phenoxy) is 2. The molecule has 21 rings (SSSR count). The lowest BCUT2D eigenvalue weighted by atomic mass is 9.76. The standard InChI is InChI=1S/C19H23N3O.2C18H21F2N3O2.2C17H20FN3O/c23-17(13-3-5-19(6-4-13)7-8-19)10-15-18-14(2-1-9-21-18)16-11-20-12-22(15)16;2*1-25-16-3-2-12-14-9-21-10-23(14)13(17(12)22-16)8-15(24)11-4-6-18(19,20)7-5-11;2*18-16-7-6-12-14-9-19-10-21(14)13(17(12)20-16)8-15(22)11-4-2-1-3-5-11/h1-2,9,11-13,15,17,23H,3-8,10H2;2*2-3,9-11,13,15,24H,4-8H2,1H3;2*6-7,9-11,13,15,22H,1-5,8H2. The van der Waals surface area contributed by atoms with Crippen molar-refractivity contribution in [2.24, 2.45) is 35.0 Å². The Kier molecular flexibility index (Phi) is 23.2. The van der Waals surface area contributed by atoms with E-state index < -0.39 is 35.9 Å². The van der Waals surface area contributed by atoms with Crippen LogP contribution in [-0.4, -0.2) is 155 Å². The number of pyridine rings is 5. The van der Waals surface area contributed by atoms with Crippen LogP contribution in [0.2, 0.25) is 0 Å². The van der Waals surface area contributed by atoms with Crippen LogP contribution in [0.5, 0.6) is 11.8 Å². The number of aromatic nitrogens is 15. The van der Waals surface area contributed by atoms with Crippen molar-refractivity contribution in [3.8, 4) is 68.0 Å². The molecule has 28 heteroatoms. The molecule has 6 fully saturated rings. The number of imidazole rings is 5. The second kappa shape index (κ2) is 33.9. The molecular weight excluding hydrogens is 1510 g/mol. The number of rotatable bonds is 17. The first-order chi connectivity index (χ1) is 56.7. The summed E-state index contributed by atoms with van der Waals surface area (Å²) in [4.78, 5) is 43.0. The van der Waals surface area contributed by atoms with E-state index in [1.54, 1.807) is 88.6 Å². The lowest BCUT2D eigenvalue weighted by molar-refractivity contribution is -0.0646. The summed E-state index contributed by atoms with van der Waals surface area (Å²) in [6.45, 7) is 0. The second-order valence-corrected chi connectivity index (χ2v) is 34.7. The summed E-state index contributed by atoms with van der Waals surface area (Å²) in [7, 11) is 3.13. The molecule has 10 aromatic rings. The van der Waals surface area contributed by atoms with Crippen molar-refractivity contribution in [1.29, 1.82) is 0 Å². The SMILES string of the molecule is COc1ccc2c(n1)C(CC(O)C1CCC(F)(F)CC1)n1cncc1-2.COc1ccc2c(n1)C(CC(O)C1CCC(F)(F)CC1)n1cncc1-2.OC(CC1c2nc(F)ccc2-c2cncn21)C1CCCCC1.OC(CC1c2nc(F)ccc2-c2cncn21)C1CCCCC1.OC(CC1c2ncccc2-c2cncn21)C1CCC2(CC1)CC2. The first-order valence-corrected chi connectivity index (χ1v) is 42.3. The quantitative estimate of drug-likeness (QED) is 0.0419. The normalized spacial score (nSPS) is 23.4. The number of fused-ring (bicyclic) bond motifs is 15. The average molecular weight is 1610 g/mol. The summed E-state index contributed by atoms with van der Waals surface area (Å²) < 4.78 is 101. The minimum atomic E-state index is -2.58. The molecule has 117 heavy (non-hydrogen) atoms. The van der Waals surface area contributed by atoms with Crippen LogP contribution < -0.4 is 9.47 Å². The second-order valence-electron chi connectivity index (χ2n) is 34.7. The third-order valence-electron chi connectivity index (χ3n) is 27.7. The van der Waals surface area contributed by atoms with E-state index in [1.165, 1.54) is 94.7 Å². The predicted molar refractivity (Wildman–Crippen MR) is 425 cm³/mol. The molecule has 6 saturated carbocycles. The van der Waals surface area contributed by atoms with Crippen LogP contribution in [0.3, 0.4) is 0 Å². The maximum Gasteiger partial charge on any atom is 0.248 e. The van der Waals surface area contributed by atoms with Crippen LogP contribution in [-0.2, 0) is 0 Å². The Hall–Kier alpha value is -9.22. The summed E-state index contributed by atoms with van der Waals surface area (Å²) in [5, 5.41) is 53.5. The maximum absolute atomic E-state index is 13.6. The first kappa shape index (κ1) is 80.2. The van der Waals surface area contributed by atoms with Gasteiger partial charge >= 0.3 is 0 Å². The van der Waals surface area contributed by atoms with Gasteiger partial charge in [-0.3, -0.25) is 4.98 Å². The van der Waals surface area contributed by atoms with Crippen LogP contribution >= 0.6 is 0 Å². The fourth-order valence-electron chi connectivity index (χ4n) is 20.8. The molecule has 0 aromatic carbocycles. The van der Waals surface area contributed by atoms with Gasteiger partial charge in [0.15, 0.2) is 0 Å². The van der Waals surface area contributed by atoms with Gasteiger partial charge in [-0.1, -0.05) is 38.5 Å². The van der Waals surface area contributed by atoms with E-state index in [1.807, 2.05) is 55.2 Å². The molecule has 15 heterocycles. The molecule has 5 aliphatic heterocycles. The molecule has 22 nitrogen and oxygen atoms in total. The van der Waals surface area contributed by atoms with E-state index in [4.69, 9.17) is 9.47 Å². The number of alkyl halides is 4. The summed E-state index contributed by atoms with van der Waals surface area (Å²) in [6, 6.07) is 17.5. The Labute approximate surface area is 676 Å². The molecule has 10 atom stereocenters. The summed E-state index contributed by atoms with van der Waals surface area (Å²) >= 11 is 0. The van der Waals surface area contributed by atoms with E-state index in [9.17, 15) is 51.9 Å². The molecule has 11 aliphatic rings. The van der Waals surface area contributed by atoms with Gasteiger partial charge in [0.1, 0.15) is 0 Å². The van der Waals surface area contributed by atoms with Gasteiger partial charge in [0.05, 0.1) is 195 Å². The maximum atomic E-state index is 13.6. The monoisotopic (exact) mass is 1610 g/mol. The molecule has 0 amide bonds. The van der Waals surface area contributed by atoms with Gasteiger partial charge in [0.25, 0.3) is 0 Å². The molecule has 10 aromatic heterocycles. The molecule has 5 N–H and O–H groups in total. The van der Waals surface area contributed by atoms with Gasteiger partial charge in [0.2, 0.25) is 35.5 Å². The molecule has 1 spiro atoms. The van der Waals surface area contributed by atoms with Gasteiger partial charge in [-0.2, -0.15) is 8.78 Å². The van der Waals surface area contributed by atoms with Gasteiger partial charge in [-0.25, -0.2) is 62.4 Å². The number of methoxy groups -OCH3 is 2. The highest BCUT2D eigenvalue weighted by molar-refractivity contribution is 5.71. The summed E-state index contributed by atoms with van der Waals surface area (Å²) in [6.07, 6.45) is 40.8. The van der Waals surface area contributed by atoms with Crippen LogP contribution in [0.15, 0.2) is 129 Å². The highest BCUT2D eigenvalue weighted by Crippen LogP contribution is 2.58. The Bertz CT molecular complexity index is 4810. The van der Waals surface area contributed by atoms with Crippen molar-refractivity contribution in [3.05, 3.63) is 170 Å². The predicted octanol–water partition coefficient (Wildman–Crippen LogP) is 17.1. The zero-order chi connectivity index (χ0) is 80.9. The zero-order valence-corrected chi connectivity index (χ0v) is 66.3. The van der Waals surface area contributed by atoms with E-state index >= 15 is 0 Å². The minimum Gasteiger partial charge on any atom is -0.481 e. The lowest BCUT2D eigenvalue weighted by Crippen LogP contribution is -2.32. The Morgan fingerprint density at radius 1 is 0.350 bits per heavy atom. The Morgan fingerprint density at radius 3 is 0.949 bits per heavy atom.